The fourth-order valence-electron chi connectivity index (χ4n) is 6.30. The average molecular weight is 651 g/mol. The third-order valence-corrected chi connectivity index (χ3v) is 9.60. The van der Waals surface area contributed by atoms with Crippen molar-refractivity contribution in [1.82, 2.24) is 0 Å². The van der Waals surface area contributed by atoms with E-state index in [0.29, 0.717) is 19.3 Å². The fourth-order valence-corrected chi connectivity index (χ4v) is 6.30. The number of aliphatic hydroxyl groups is 5. The summed E-state index contributed by atoms with van der Waals surface area (Å²) in [6.07, 6.45) is -13.1. The van der Waals surface area contributed by atoms with Crippen molar-refractivity contribution in [1.29, 1.82) is 0 Å². The normalized spacial score (nSPS) is 43.4. The van der Waals surface area contributed by atoms with Crippen LogP contribution in [0.25, 0.3) is 0 Å². The molecule has 0 aromatic heterocycles. The molecule has 264 valence electrons. The van der Waals surface area contributed by atoms with Gasteiger partial charge in [-0.05, 0) is 53.9 Å². The molecule has 17 unspecified atom stereocenters. The lowest BCUT2D eigenvalue weighted by Crippen LogP contribution is -2.63. The number of rotatable bonds is 13. The van der Waals surface area contributed by atoms with Crippen LogP contribution in [-0.4, -0.2) is 129 Å². The summed E-state index contributed by atoms with van der Waals surface area (Å²) >= 11 is 0. The first-order chi connectivity index (χ1) is 21.0. The van der Waals surface area contributed by atoms with Crippen LogP contribution in [0.4, 0.5) is 0 Å². The van der Waals surface area contributed by atoms with Gasteiger partial charge in [0.2, 0.25) is 0 Å². The van der Waals surface area contributed by atoms with Crippen LogP contribution in [0.1, 0.15) is 88.5 Å². The summed E-state index contributed by atoms with van der Waals surface area (Å²) in [5, 5.41) is 53.1. The van der Waals surface area contributed by atoms with E-state index in [2.05, 4.69) is 0 Å². The first-order valence-electron chi connectivity index (χ1n) is 16.5. The van der Waals surface area contributed by atoms with E-state index in [1.807, 2.05) is 27.7 Å². The highest BCUT2D eigenvalue weighted by Gasteiger charge is 2.52. The molecule has 0 radical (unpaired) electrons. The molecule has 0 aliphatic carbocycles. The lowest BCUT2D eigenvalue weighted by molar-refractivity contribution is -0.353. The van der Waals surface area contributed by atoms with E-state index in [0.717, 1.165) is 0 Å². The Morgan fingerprint density at radius 3 is 2.07 bits per heavy atom. The highest BCUT2D eigenvalue weighted by Crippen LogP contribution is 2.38. The lowest BCUT2D eigenvalue weighted by atomic mass is 9.85. The minimum atomic E-state index is -1.55. The molecular formula is C32H58O13. The SMILES string of the molecule is CCC(O)C(OC1OC(C)C(O)C(O)C1O)C(CC)OC(C)OC1C(O)C(C)C(OC2C(=O)C(C)C(C)OC2CC)OC1(C)C. The number of hydrogen-bond donors (Lipinski definition) is 5. The van der Waals surface area contributed by atoms with Crippen LogP contribution in [-0.2, 0) is 38.0 Å². The van der Waals surface area contributed by atoms with Crippen molar-refractivity contribution >= 4 is 5.78 Å². The number of ether oxygens (including phenoxy) is 7. The van der Waals surface area contributed by atoms with Crippen molar-refractivity contribution < 1.29 is 63.5 Å². The standard InChI is InChI=1S/C32H58O13/c1-11-19(33)27(43-31-26(38)25(37)24(36)17(7)40-31)20(12-2)41-18(8)42-29-23(35)15(5)30(45-32(29,9)10)44-28-21(13-3)39-16(6)14(4)22(28)34/h14-21,23-31,33,35-38H,11-13H2,1-10H3. The highest BCUT2D eigenvalue weighted by molar-refractivity contribution is 5.87. The van der Waals surface area contributed by atoms with Gasteiger partial charge in [-0.1, -0.05) is 34.6 Å². The van der Waals surface area contributed by atoms with Crippen molar-refractivity contribution in [2.24, 2.45) is 11.8 Å². The second-order valence-electron chi connectivity index (χ2n) is 13.4. The Morgan fingerprint density at radius 2 is 1.49 bits per heavy atom. The molecule has 0 amide bonds. The number of carbonyl (C=O) groups is 1. The molecule has 0 spiro atoms. The molecule has 0 aromatic rings. The number of carbonyl (C=O) groups excluding carboxylic acids is 1. The van der Waals surface area contributed by atoms with E-state index in [1.54, 1.807) is 41.5 Å². The molecule has 17 atom stereocenters. The quantitative estimate of drug-likeness (QED) is 0.181. The van der Waals surface area contributed by atoms with Crippen molar-refractivity contribution in [3.8, 4) is 0 Å². The number of aliphatic hydroxyl groups excluding tert-OH is 5. The summed E-state index contributed by atoms with van der Waals surface area (Å²) in [7, 11) is 0. The first-order valence-corrected chi connectivity index (χ1v) is 16.5. The predicted molar refractivity (Wildman–Crippen MR) is 161 cm³/mol. The van der Waals surface area contributed by atoms with Gasteiger partial charge in [-0.3, -0.25) is 4.79 Å². The van der Waals surface area contributed by atoms with Crippen molar-refractivity contribution in [2.75, 3.05) is 0 Å². The minimum absolute atomic E-state index is 0.0490. The number of ketones is 1. The van der Waals surface area contributed by atoms with E-state index in [4.69, 9.17) is 33.2 Å². The maximum absolute atomic E-state index is 13.1. The smallest absolute Gasteiger partial charge is 0.187 e. The van der Waals surface area contributed by atoms with Crippen LogP contribution in [0.15, 0.2) is 0 Å². The third kappa shape index (κ3) is 8.62. The van der Waals surface area contributed by atoms with E-state index in [1.165, 1.54) is 0 Å². The lowest BCUT2D eigenvalue weighted by Gasteiger charge is -2.50. The van der Waals surface area contributed by atoms with Gasteiger partial charge in [0.05, 0.1) is 42.2 Å². The molecule has 0 bridgehead atoms. The maximum atomic E-state index is 13.1. The molecule has 5 N–H and O–H groups in total. The summed E-state index contributed by atoms with van der Waals surface area (Å²) in [6, 6.07) is 0. The zero-order valence-electron chi connectivity index (χ0n) is 28.4. The summed E-state index contributed by atoms with van der Waals surface area (Å²) in [5.74, 6) is -0.946. The molecular weight excluding hydrogens is 592 g/mol. The Labute approximate surface area is 267 Å². The molecule has 45 heavy (non-hydrogen) atoms. The molecule has 3 aliphatic heterocycles. The summed E-state index contributed by atoms with van der Waals surface area (Å²) < 4.78 is 42.7. The van der Waals surface area contributed by atoms with Crippen LogP contribution in [0, 0.1) is 11.8 Å². The van der Waals surface area contributed by atoms with Crippen LogP contribution in [0.2, 0.25) is 0 Å². The largest absolute Gasteiger partial charge is 0.390 e. The second-order valence-corrected chi connectivity index (χ2v) is 13.4. The molecule has 3 heterocycles. The summed E-state index contributed by atoms with van der Waals surface area (Å²) in [5.41, 5.74) is -1.05. The van der Waals surface area contributed by atoms with Crippen LogP contribution in [0.3, 0.4) is 0 Å². The van der Waals surface area contributed by atoms with Crippen molar-refractivity contribution in [2.45, 2.75) is 186 Å². The number of hydrogen-bond acceptors (Lipinski definition) is 13. The third-order valence-electron chi connectivity index (χ3n) is 9.60. The van der Waals surface area contributed by atoms with Gasteiger partial charge in [0.25, 0.3) is 0 Å². The van der Waals surface area contributed by atoms with Gasteiger partial charge in [0, 0.05) is 11.8 Å². The molecule has 0 aromatic carbocycles. The van der Waals surface area contributed by atoms with E-state index >= 15 is 0 Å². The summed E-state index contributed by atoms with van der Waals surface area (Å²) in [4.78, 5) is 13.1. The Balaban J connectivity index is 1.70. The van der Waals surface area contributed by atoms with Gasteiger partial charge in [0.15, 0.2) is 24.7 Å². The van der Waals surface area contributed by atoms with Crippen LogP contribution in [0.5, 0.6) is 0 Å². The zero-order valence-corrected chi connectivity index (χ0v) is 28.4. The Bertz CT molecular complexity index is 935. The van der Waals surface area contributed by atoms with E-state index in [-0.39, 0.29) is 17.8 Å². The minimum Gasteiger partial charge on any atom is -0.390 e. The Kier molecular flexibility index (Phi) is 13.8. The average Bonchev–Trinajstić information content (AvgIpc) is 3.00. The molecule has 3 saturated heterocycles. The topological polar surface area (TPSA) is 183 Å². The highest BCUT2D eigenvalue weighted by atomic mass is 16.7. The van der Waals surface area contributed by atoms with Gasteiger partial charge in [-0.25, -0.2) is 0 Å². The zero-order chi connectivity index (χ0) is 34.0. The monoisotopic (exact) mass is 650 g/mol. The molecule has 13 nitrogen and oxygen atoms in total. The van der Waals surface area contributed by atoms with Gasteiger partial charge >= 0.3 is 0 Å². The fraction of sp³-hybridized carbons (Fsp3) is 0.969. The molecule has 13 heteroatoms. The van der Waals surface area contributed by atoms with Crippen LogP contribution >= 0.6 is 0 Å². The van der Waals surface area contributed by atoms with Crippen molar-refractivity contribution in [3.05, 3.63) is 0 Å². The second kappa shape index (κ2) is 16.1. The molecule has 3 aliphatic rings. The summed E-state index contributed by atoms with van der Waals surface area (Å²) in [6.45, 7) is 17.7. The van der Waals surface area contributed by atoms with Gasteiger partial charge in [-0.15, -0.1) is 0 Å². The predicted octanol–water partition coefficient (Wildman–Crippen LogP) is 1.42. The molecule has 0 saturated carbocycles. The van der Waals surface area contributed by atoms with Gasteiger partial charge in [-0.2, -0.15) is 0 Å². The maximum Gasteiger partial charge on any atom is 0.187 e. The number of Topliss-reactive ketones (excluding diaryl/α,β-unsaturated/α-hetero) is 1. The van der Waals surface area contributed by atoms with Gasteiger partial charge < -0.3 is 58.7 Å². The first kappa shape index (κ1) is 38.6. The molecule has 3 rings (SSSR count). The van der Waals surface area contributed by atoms with Crippen LogP contribution < -0.4 is 0 Å². The van der Waals surface area contributed by atoms with Crippen molar-refractivity contribution in [3.63, 3.8) is 0 Å². The van der Waals surface area contributed by atoms with E-state index in [9.17, 15) is 30.3 Å². The van der Waals surface area contributed by atoms with E-state index < -0.39 is 97.5 Å². The van der Waals surface area contributed by atoms with Gasteiger partial charge in [0.1, 0.15) is 36.6 Å². The molecule has 3 fully saturated rings. The Hall–Kier alpha value is -0.810. The Morgan fingerprint density at radius 1 is 0.844 bits per heavy atom.